The molecule has 2 atom stereocenters. The van der Waals surface area contributed by atoms with Gasteiger partial charge >= 0.3 is 5.97 Å². The molecule has 0 heterocycles. The molecule has 2 aromatic rings. The Labute approximate surface area is 166 Å². The van der Waals surface area contributed by atoms with Gasteiger partial charge in [-0.15, -0.1) is 0 Å². The topological polar surface area (TPSA) is 64.6 Å². The molecular weight excluding hydrogens is 354 g/mol. The standard InChI is InChI=1S/C23H27NO4/c1-5-16(2)20-11-6-7-12-21(20)24-23(26)17(3)28-22(25)14-13-18-9-8-10-19(15-18)27-4/h6-17H,5H2,1-4H3,(H,24,26)/b14-13+/t16-,17+/m0/s1. The molecule has 0 spiro atoms. The van der Waals surface area contributed by atoms with Crippen molar-refractivity contribution in [3.05, 3.63) is 65.7 Å². The van der Waals surface area contributed by atoms with Crippen LogP contribution in [0.2, 0.25) is 0 Å². The third-order valence-electron chi connectivity index (χ3n) is 4.53. The lowest BCUT2D eigenvalue weighted by Crippen LogP contribution is -2.29. The Bertz CT molecular complexity index is 844. The summed E-state index contributed by atoms with van der Waals surface area (Å²) < 4.78 is 10.4. The number of carbonyl (C=O) groups excluding carboxylic acids is 2. The quantitative estimate of drug-likeness (QED) is 0.527. The monoisotopic (exact) mass is 381 g/mol. The maximum Gasteiger partial charge on any atom is 0.331 e. The van der Waals surface area contributed by atoms with Gasteiger partial charge in [-0.3, -0.25) is 4.79 Å². The molecule has 2 rings (SSSR count). The second-order valence-corrected chi connectivity index (χ2v) is 6.57. The number of amides is 1. The smallest absolute Gasteiger partial charge is 0.331 e. The molecule has 0 saturated carbocycles. The highest BCUT2D eigenvalue weighted by Gasteiger charge is 2.18. The molecule has 0 bridgehead atoms. The van der Waals surface area contributed by atoms with Gasteiger partial charge in [0.05, 0.1) is 7.11 Å². The zero-order valence-electron chi connectivity index (χ0n) is 16.8. The van der Waals surface area contributed by atoms with Crippen molar-refractivity contribution < 1.29 is 19.1 Å². The van der Waals surface area contributed by atoms with Crippen LogP contribution >= 0.6 is 0 Å². The summed E-state index contributed by atoms with van der Waals surface area (Å²) in [6.07, 6.45) is 2.97. The molecule has 1 amide bonds. The first kappa shape index (κ1) is 21.2. The molecule has 0 fully saturated rings. The van der Waals surface area contributed by atoms with Crippen LogP contribution in [0, 0.1) is 0 Å². The summed E-state index contributed by atoms with van der Waals surface area (Å²) in [6, 6.07) is 15.0. The van der Waals surface area contributed by atoms with Crippen molar-refractivity contribution in [2.75, 3.05) is 12.4 Å². The highest BCUT2D eigenvalue weighted by molar-refractivity contribution is 5.97. The summed E-state index contributed by atoms with van der Waals surface area (Å²) in [6.45, 7) is 5.76. The summed E-state index contributed by atoms with van der Waals surface area (Å²) in [5.74, 6) is 0.0722. The Hall–Kier alpha value is -3.08. The van der Waals surface area contributed by atoms with Crippen LogP contribution in [0.4, 0.5) is 5.69 Å². The number of hydrogen-bond donors (Lipinski definition) is 1. The highest BCUT2D eigenvalue weighted by atomic mass is 16.5. The molecule has 5 nitrogen and oxygen atoms in total. The SMILES string of the molecule is CC[C@H](C)c1ccccc1NC(=O)[C@@H](C)OC(=O)/C=C/c1cccc(OC)c1. The Balaban J connectivity index is 1.97. The van der Waals surface area contributed by atoms with Crippen molar-refractivity contribution in [1.29, 1.82) is 0 Å². The first-order valence-electron chi connectivity index (χ1n) is 9.37. The maximum absolute atomic E-state index is 12.4. The van der Waals surface area contributed by atoms with E-state index in [1.807, 2.05) is 42.5 Å². The maximum atomic E-state index is 12.4. The van der Waals surface area contributed by atoms with Crippen LogP contribution in [0.3, 0.4) is 0 Å². The Morgan fingerprint density at radius 2 is 1.86 bits per heavy atom. The van der Waals surface area contributed by atoms with E-state index in [4.69, 9.17) is 9.47 Å². The molecule has 1 N–H and O–H groups in total. The van der Waals surface area contributed by atoms with Crippen LogP contribution in [-0.4, -0.2) is 25.1 Å². The third kappa shape index (κ3) is 5.98. The number of benzene rings is 2. The number of esters is 1. The third-order valence-corrected chi connectivity index (χ3v) is 4.53. The van der Waals surface area contributed by atoms with Gasteiger partial charge in [0.15, 0.2) is 6.10 Å². The van der Waals surface area contributed by atoms with Gasteiger partial charge in [-0.05, 0) is 54.7 Å². The second-order valence-electron chi connectivity index (χ2n) is 6.57. The first-order valence-corrected chi connectivity index (χ1v) is 9.37. The van der Waals surface area contributed by atoms with Crippen LogP contribution < -0.4 is 10.1 Å². The van der Waals surface area contributed by atoms with Crippen molar-refractivity contribution >= 4 is 23.6 Å². The van der Waals surface area contributed by atoms with Gasteiger partial charge in [0, 0.05) is 11.8 Å². The molecule has 0 aromatic heterocycles. The molecule has 0 saturated heterocycles. The summed E-state index contributed by atoms with van der Waals surface area (Å²) in [7, 11) is 1.58. The van der Waals surface area contributed by atoms with Gasteiger partial charge in [-0.25, -0.2) is 4.79 Å². The lowest BCUT2D eigenvalue weighted by molar-refractivity contribution is -0.148. The summed E-state index contributed by atoms with van der Waals surface area (Å²) in [5.41, 5.74) is 2.61. The molecule has 0 aliphatic heterocycles. The van der Waals surface area contributed by atoms with Gasteiger partial charge in [0.25, 0.3) is 5.91 Å². The van der Waals surface area contributed by atoms with Gasteiger partial charge in [0.2, 0.25) is 0 Å². The minimum Gasteiger partial charge on any atom is -0.497 e. The van der Waals surface area contributed by atoms with Crippen LogP contribution in [0.5, 0.6) is 5.75 Å². The Kier molecular flexibility index (Phi) is 7.81. The Morgan fingerprint density at radius 1 is 1.11 bits per heavy atom. The van der Waals surface area contributed by atoms with Crippen LogP contribution in [-0.2, 0) is 14.3 Å². The van der Waals surface area contributed by atoms with Crippen molar-refractivity contribution in [3.8, 4) is 5.75 Å². The van der Waals surface area contributed by atoms with E-state index < -0.39 is 12.1 Å². The predicted molar refractivity (Wildman–Crippen MR) is 111 cm³/mol. The molecule has 2 aromatic carbocycles. The fourth-order valence-electron chi connectivity index (χ4n) is 2.67. The normalized spacial score (nSPS) is 13.0. The average molecular weight is 381 g/mol. The lowest BCUT2D eigenvalue weighted by Gasteiger charge is -2.17. The van der Waals surface area contributed by atoms with E-state index in [-0.39, 0.29) is 5.91 Å². The van der Waals surface area contributed by atoms with Gasteiger partial charge in [-0.2, -0.15) is 0 Å². The van der Waals surface area contributed by atoms with Gasteiger partial charge in [0.1, 0.15) is 5.75 Å². The van der Waals surface area contributed by atoms with Crippen LogP contribution in [0.25, 0.3) is 6.08 Å². The Morgan fingerprint density at radius 3 is 2.57 bits per heavy atom. The summed E-state index contributed by atoms with van der Waals surface area (Å²) >= 11 is 0. The molecule has 0 aliphatic carbocycles. The summed E-state index contributed by atoms with van der Waals surface area (Å²) in [5, 5.41) is 2.86. The number of nitrogens with one attached hydrogen (secondary N) is 1. The van der Waals surface area contributed by atoms with Crippen molar-refractivity contribution in [3.63, 3.8) is 0 Å². The number of carbonyl (C=O) groups is 2. The van der Waals surface area contributed by atoms with E-state index in [1.54, 1.807) is 26.2 Å². The zero-order chi connectivity index (χ0) is 20.5. The molecule has 0 aliphatic rings. The molecule has 0 radical (unpaired) electrons. The number of methoxy groups -OCH3 is 1. The number of anilines is 1. The minimum absolute atomic E-state index is 0.320. The number of ether oxygens (including phenoxy) is 2. The van der Waals surface area contributed by atoms with Crippen molar-refractivity contribution in [2.24, 2.45) is 0 Å². The second kappa shape index (κ2) is 10.3. The largest absolute Gasteiger partial charge is 0.497 e. The van der Waals surface area contributed by atoms with Crippen molar-refractivity contribution in [1.82, 2.24) is 0 Å². The lowest BCUT2D eigenvalue weighted by atomic mass is 9.97. The van der Waals surface area contributed by atoms with E-state index in [0.717, 1.165) is 23.2 Å². The molecular formula is C23H27NO4. The number of rotatable bonds is 8. The fourth-order valence-corrected chi connectivity index (χ4v) is 2.67. The van der Waals surface area contributed by atoms with E-state index in [1.165, 1.54) is 6.08 Å². The first-order chi connectivity index (χ1) is 13.4. The highest BCUT2D eigenvalue weighted by Crippen LogP contribution is 2.26. The predicted octanol–water partition coefficient (Wildman–Crippen LogP) is 4.79. The molecule has 5 heteroatoms. The van der Waals surface area contributed by atoms with Crippen LogP contribution in [0.15, 0.2) is 54.6 Å². The zero-order valence-corrected chi connectivity index (χ0v) is 16.8. The summed E-state index contributed by atoms with van der Waals surface area (Å²) in [4.78, 5) is 24.5. The van der Waals surface area contributed by atoms with E-state index >= 15 is 0 Å². The molecule has 0 unspecified atom stereocenters. The van der Waals surface area contributed by atoms with Crippen LogP contribution in [0.1, 0.15) is 44.2 Å². The van der Waals surface area contributed by atoms with E-state index in [9.17, 15) is 9.59 Å². The van der Waals surface area contributed by atoms with E-state index in [2.05, 4.69) is 19.2 Å². The molecule has 28 heavy (non-hydrogen) atoms. The number of para-hydroxylation sites is 1. The molecule has 148 valence electrons. The minimum atomic E-state index is -0.910. The number of hydrogen-bond acceptors (Lipinski definition) is 4. The average Bonchev–Trinajstić information content (AvgIpc) is 2.72. The van der Waals surface area contributed by atoms with E-state index in [0.29, 0.717) is 11.7 Å². The fraction of sp³-hybridized carbons (Fsp3) is 0.304. The van der Waals surface area contributed by atoms with Gasteiger partial charge in [-0.1, -0.05) is 44.2 Å². The van der Waals surface area contributed by atoms with Gasteiger partial charge < -0.3 is 14.8 Å². The van der Waals surface area contributed by atoms with Crippen molar-refractivity contribution in [2.45, 2.75) is 39.2 Å².